The average Bonchev–Trinajstić information content (AvgIpc) is 3.32. The normalized spacial score (nSPS) is 11.6. The molecule has 0 aromatic carbocycles. The molecule has 1 rings (SSSR count). The van der Waals surface area contributed by atoms with Gasteiger partial charge in [0.1, 0.15) is 0 Å². The van der Waals surface area contributed by atoms with Crippen LogP contribution in [-0.2, 0) is 34.3 Å². The van der Waals surface area contributed by atoms with Crippen LogP contribution in [0.2, 0.25) is 0 Å². The summed E-state index contributed by atoms with van der Waals surface area (Å²) in [6.45, 7) is 9.54. The number of hydrogen-bond acceptors (Lipinski definition) is 1. The van der Waals surface area contributed by atoms with Crippen molar-refractivity contribution in [1.29, 1.82) is 0 Å². The molecule has 1 fully saturated rings. The Hall–Kier alpha value is 4.13. The standard InChI is InChI=1S/C8H16I2.C8H16.C4H8O.2HI.2Zn/c9-7-5-3-1-2-4-6-8-10;1-3-5-7-8-6-4-2;1-2-4-5-3-1;;;;/h1-8H2;1-8H2;1-4H2;2*1H;;/q;-2;;;;2*+2/p-2. The number of alkyl halides is 2. The van der Waals surface area contributed by atoms with Gasteiger partial charge in [0, 0.05) is 13.2 Å². The summed E-state index contributed by atoms with van der Waals surface area (Å²) in [6.07, 6.45) is 18.7. The molecule has 0 N–H and O–H groups in total. The molecule has 1 heterocycles. The molecule has 1 saturated heterocycles. The third-order valence-electron chi connectivity index (χ3n) is 3.59. The molecule has 0 radical (unpaired) electrons. The van der Waals surface area contributed by atoms with Gasteiger partial charge in [-0.05, 0) is 34.5 Å². The number of unbranched alkanes of at least 4 members (excludes halogenated alkanes) is 10. The van der Waals surface area contributed by atoms with Crippen LogP contribution in [0.3, 0.4) is 0 Å². The first-order valence-corrected chi connectivity index (χ1v) is 31.3. The summed E-state index contributed by atoms with van der Waals surface area (Å²) in [5, 5.41) is 0. The van der Waals surface area contributed by atoms with Crippen molar-refractivity contribution >= 4 is 84.7 Å². The molecule has 1 nitrogen and oxygen atoms in total. The molecule has 0 amide bonds. The first kappa shape index (κ1) is 38.4. The summed E-state index contributed by atoms with van der Waals surface area (Å²) in [4.78, 5) is 0. The van der Waals surface area contributed by atoms with E-state index >= 15 is 0 Å². The second-order valence-corrected chi connectivity index (χ2v) is 8.10. The Labute approximate surface area is 241 Å². The molecule has 0 atom stereocenters. The first-order valence-electron chi connectivity index (χ1n) is 10.1. The van der Waals surface area contributed by atoms with Gasteiger partial charge in [0.05, 0.1) is 0 Å². The van der Waals surface area contributed by atoms with Crippen LogP contribution in [-0.4, -0.2) is 22.1 Å². The van der Waals surface area contributed by atoms with E-state index in [0.29, 0.717) is 0 Å². The summed E-state index contributed by atoms with van der Waals surface area (Å²) < 4.78 is 7.62. The van der Waals surface area contributed by atoms with Gasteiger partial charge in [-0.3, -0.25) is 0 Å². The molecule has 0 bridgehead atoms. The van der Waals surface area contributed by atoms with E-state index in [0.717, 1.165) is 26.1 Å². The van der Waals surface area contributed by atoms with Crippen molar-refractivity contribution in [3.63, 3.8) is 0 Å². The van der Waals surface area contributed by atoms with E-state index in [1.54, 1.807) is 0 Å². The van der Waals surface area contributed by atoms with E-state index in [2.05, 4.69) is 98.5 Å². The Morgan fingerprint density at radius 3 is 1.07 bits per heavy atom. The Balaban J connectivity index is -0.000000139. The molecule has 0 unspecified atom stereocenters. The molecule has 158 valence electrons. The van der Waals surface area contributed by atoms with Gasteiger partial charge in [0.2, 0.25) is 0 Å². The fourth-order valence-electron chi connectivity index (χ4n) is 2.11. The van der Waals surface area contributed by atoms with Crippen LogP contribution in [0.1, 0.15) is 89.9 Å². The summed E-state index contributed by atoms with van der Waals surface area (Å²) in [5.41, 5.74) is 0. The molecular weight excluding hydrogens is 895 g/mol. The van der Waals surface area contributed by atoms with Gasteiger partial charge >= 0.3 is 69.1 Å². The zero-order chi connectivity index (χ0) is 21.4. The van der Waals surface area contributed by atoms with Gasteiger partial charge in [-0.2, -0.15) is 12.8 Å². The van der Waals surface area contributed by atoms with Crippen molar-refractivity contribution < 1.29 is 34.3 Å². The molecule has 0 aromatic rings. The van der Waals surface area contributed by atoms with E-state index < -0.39 is 0 Å². The zero-order valence-corrected chi connectivity index (χ0v) is 32.0. The van der Waals surface area contributed by atoms with Crippen molar-refractivity contribution in [2.45, 2.75) is 89.9 Å². The molecule has 0 aromatic heterocycles. The minimum absolute atomic E-state index is 1.00. The molecule has 0 aliphatic carbocycles. The van der Waals surface area contributed by atoms with E-state index in [-0.39, 0.29) is 0 Å². The molecule has 1 aliphatic rings. The Morgan fingerprint density at radius 1 is 0.556 bits per heavy atom. The van der Waals surface area contributed by atoms with E-state index in [1.807, 2.05) is 0 Å². The van der Waals surface area contributed by atoms with E-state index in [9.17, 15) is 0 Å². The summed E-state index contributed by atoms with van der Waals surface area (Å²) in [7, 11) is 0. The maximum atomic E-state index is 4.94. The number of hydrogen-bond donors (Lipinski definition) is 0. The predicted octanol–water partition coefficient (Wildman–Crippen LogP) is 9.76. The zero-order valence-electron chi connectivity index (χ0n) is 17.5. The van der Waals surface area contributed by atoms with Crippen molar-refractivity contribution in [2.75, 3.05) is 22.1 Å². The minimum atomic E-state index is 1.00. The second kappa shape index (κ2) is 47.8. The van der Waals surface area contributed by atoms with Crippen molar-refractivity contribution in [1.82, 2.24) is 0 Å². The SMILES string of the molecule is C1CCOC1.ICCCCCCCCI.[CH2-]CCCCCC[CH2-].[Zn+][I].[Zn+][I]. The van der Waals surface area contributed by atoms with Crippen LogP contribution < -0.4 is 0 Å². The van der Waals surface area contributed by atoms with Crippen LogP contribution >= 0.6 is 84.7 Å². The number of halogens is 4. The quantitative estimate of drug-likeness (QED) is 0.0624. The molecule has 0 spiro atoms. The fraction of sp³-hybridized carbons (Fsp3) is 0.900. The third-order valence-corrected chi connectivity index (χ3v) is 5.12. The van der Waals surface area contributed by atoms with Gasteiger partial charge < -0.3 is 18.6 Å². The predicted molar refractivity (Wildman–Crippen MR) is 152 cm³/mol. The molecular formula is C20H40I4OZn2. The molecule has 0 saturated carbocycles. The van der Waals surface area contributed by atoms with Gasteiger partial charge in [-0.15, -0.1) is 0 Å². The molecule has 7 heteroatoms. The van der Waals surface area contributed by atoms with Crippen LogP contribution in [0.5, 0.6) is 0 Å². The van der Waals surface area contributed by atoms with Crippen molar-refractivity contribution in [2.24, 2.45) is 0 Å². The van der Waals surface area contributed by atoms with Crippen molar-refractivity contribution in [3.05, 3.63) is 13.8 Å². The summed E-state index contributed by atoms with van der Waals surface area (Å²) in [6, 6.07) is 0. The summed E-state index contributed by atoms with van der Waals surface area (Å²) >= 11 is 12.1. The van der Waals surface area contributed by atoms with E-state index in [4.69, 9.17) is 4.74 Å². The maximum absolute atomic E-state index is 4.94. The molecule has 1 aliphatic heterocycles. The fourth-order valence-corrected chi connectivity index (χ4v) is 3.19. The van der Waals surface area contributed by atoms with Gasteiger partial charge in [0.15, 0.2) is 0 Å². The first-order chi connectivity index (χ1) is 13.3. The topological polar surface area (TPSA) is 9.23 Å². The van der Waals surface area contributed by atoms with Crippen LogP contribution in [0.4, 0.5) is 0 Å². The second-order valence-electron chi connectivity index (χ2n) is 5.94. The summed E-state index contributed by atoms with van der Waals surface area (Å²) in [5.74, 6) is 0. The van der Waals surface area contributed by atoms with Crippen LogP contribution in [0.15, 0.2) is 0 Å². The van der Waals surface area contributed by atoms with Crippen LogP contribution in [0.25, 0.3) is 0 Å². The number of rotatable bonds is 12. The Morgan fingerprint density at radius 2 is 0.852 bits per heavy atom. The van der Waals surface area contributed by atoms with Gasteiger partial charge in [-0.1, -0.05) is 96.5 Å². The van der Waals surface area contributed by atoms with Crippen LogP contribution in [0, 0.1) is 13.8 Å². The van der Waals surface area contributed by atoms with E-state index in [1.165, 1.54) is 115 Å². The Bertz CT molecular complexity index is 168. The van der Waals surface area contributed by atoms with Gasteiger partial charge in [-0.25, -0.2) is 0 Å². The third kappa shape index (κ3) is 53.4. The Kier molecular flexibility index (Phi) is 67.9. The van der Waals surface area contributed by atoms with Gasteiger partial charge in [0.25, 0.3) is 0 Å². The monoisotopic (exact) mass is 932 g/mol. The average molecular weight is 935 g/mol. The van der Waals surface area contributed by atoms with Crippen molar-refractivity contribution in [3.8, 4) is 0 Å². The number of ether oxygens (including phenoxy) is 1. The molecule has 27 heavy (non-hydrogen) atoms.